The van der Waals surface area contributed by atoms with Gasteiger partial charge in [0.15, 0.2) is 11.8 Å². The Balaban J connectivity index is 2.14. The number of aromatic nitrogens is 2. The second-order valence-corrected chi connectivity index (χ2v) is 7.92. The van der Waals surface area contributed by atoms with Crippen molar-refractivity contribution in [2.75, 3.05) is 31.9 Å². The Labute approximate surface area is 168 Å². The van der Waals surface area contributed by atoms with Crippen molar-refractivity contribution in [3.05, 3.63) is 48.3 Å². The van der Waals surface area contributed by atoms with E-state index in [1.54, 1.807) is 37.3 Å². The first kappa shape index (κ1) is 20.6. The molecule has 3 rings (SSSR count). The number of anilines is 1. The number of ether oxygens (including phenoxy) is 3. The highest BCUT2D eigenvalue weighted by molar-refractivity contribution is 7.92. The zero-order valence-electron chi connectivity index (χ0n) is 16.2. The summed E-state index contributed by atoms with van der Waals surface area (Å²) in [5, 5.41) is 0.482. The molecule has 9 nitrogen and oxygen atoms in total. The van der Waals surface area contributed by atoms with Gasteiger partial charge in [0.25, 0.3) is 10.0 Å². The SMILES string of the molecule is CCOC(=O)c1cc2cc(OCOC)cc(N(C)S(=O)(=O)c3ccccn3)c2[nH]1. The van der Waals surface area contributed by atoms with Gasteiger partial charge in [0, 0.05) is 31.8 Å². The maximum absolute atomic E-state index is 13.0. The third-order valence-electron chi connectivity index (χ3n) is 4.12. The largest absolute Gasteiger partial charge is 0.467 e. The van der Waals surface area contributed by atoms with E-state index in [-0.39, 0.29) is 29.8 Å². The Hall–Kier alpha value is -3.11. The Kier molecular flexibility index (Phi) is 6.04. The molecule has 154 valence electrons. The van der Waals surface area contributed by atoms with Gasteiger partial charge in [-0.3, -0.25) is 4.31 Å². The van der Waals surface area contributed by atoms with E-state index in [9.17, 15) is 13.2 Å². The minimum absolute atomic E-state index is 0.0171. The summed E-state index contributed by atoms with van der Waals surface area (Å²) < 4.78 is 42.6. The van der Waals surface area contributed by atoms with E-state index in [4.69, 9.17) is 14.2 Å². The van der Waals surface area contributed by atoms with Crippen LogP contribution in [0.2, 0.25) is 0 Å². The minimum Gasteiger partial charge on any atom is -0.467 e. The van der Waals surface area contributed by atoms with Crippen LogP contribution in [-0.2, 0) is 19.5 Å². The molecule has 0 spiro atoms. The summed E-state index contributed by atoms with van der Waals surface area (Å²) in [7, 11) is -1.06. The Bertz CT molecular complexity index is 1110. The van der Waals surface area contributed by atoms with E-state index in [1.807, 2.05) is 0 Å². The summed E-state index contributed by atoms with van der Waals surface area (Å²) in [6, 6.07) is 9.44. The predicted molar refractivity (Wildman–Crippen MR) is 107 cm³/mol. The lowest BCUT2D eigenvalue weighted by Crippen LogP contribution is -2.27. The molecule has 29 heavy (non-hydrogen) atoms. The second-order valence-electron chi connectivity index (χ2n) is 6.00. The third-order valence-corrected chi connectivity index (χ3v) is 5.81. The highest BCUT2D eigenvalue weighted by Gasteiger charge is 2.26. The maximum Gasteiger partial charge on any atom is 0.354 e. The van der Waals surface area contributed by atoms with Crippen molar-refractivity contribution in [1.82, 2.24) is 9.97 Å². The van der Waals surface area contributed by atoms with Crippen LogP contribution in [0.1, 0.15) is 17.4 Å². The van der Waals surface area contributed by atoms with E-state index >= 15 is 0 Å². The summed E-state index contributed by atoms with van der Waals surface area (Å²) in [4.78, 5) is 19.0. The molecule has 0 unspecified atom stereocenters. The minimum atomic E-state index is -3.94. The number of nitrogens with one attached hydrogen (secondary N) is 1. The summed E-state index contributed by atoms with van der Waals surface area (Å²) in [6.45, 7) is 1.91. The average Bonchev–Trinajstić information content (AvgIpc) is 3.16. The Morgan fingerprint density at radius 3 is 2.69 bits per heavy atom. The zero-order chi connectivity index (χ0) is 21.0. The van der Waals surface area contributed by atoms with Crippen LogP contribution in [0.5, 0.6) is 5.75 Å². The molecule has 2 heterocycles. The first-order chi connectivity index (χ1) is 13.9. The molecule has 10 heteroatoms. The van der Waals surface area contributed by atoms with Gasteiger partial charge in [-0.05, 0) is 31.2 Å². The van der Waals surface area contributed by atoms with Crippen LogP contribution in [0, 0.1) is 0 Å². The van der Waals surface area contributed by atoms with Crippen LogP contribution in [0.4, 0.5) is 5.69 Å². The number of hydrogen-bond donors (Lipinski definition) is 1. The molecule has 0 fully saturated rings. The fourth-order valence-electron chi connectivity index (χ4n) is 2.75. The number of esters is 1. The normalized spacial score (nSPS) is 11.4. The number of aromatic amines is 1. The van der Waals surface area contributed by atoms with Crippen molar-refractivity contribution in [3.8, 4) is 5.75 Å². The molecule has 0 saturated heterocycles. The first-order valence-corrected chi connectivity index (χ1v) is 10.2. The molecule has 3 aromatic rings. The van der Waals surface area contributed by atoms with Gasteiger partial charge in [-0.1, -0.05) is 6.07 Å². The van der Waals surface area contributed by atoms with Gasteiger partial charge in [-0.25, -0.2) is 9.78 Å². The number of fused-ring (bicyclic) bond motifs is 1. The standard InChI is InChI=1S/C19H21N3O6S/c1-4-27-19(23)15-10-13-9-14(28-12-26-3)11-16(18(13)21-15)22(2)29(24,25)17-7-5-6-8-20-17/h5-11,21H,4,12H2,1-3H3. The van der Waals surface area contributed by atoms with Crippen LogP contribution in [0.15, 0.2) is 47.6 Å². The molecule has 1 aromatic carbocycles. The number of hydrogen-bond acceptors (Lipinski definition) is 7. The van der Waals surface area contributed by atoms with Gasteiger partial charge >= 0.3 is 5.97 Å². The van der Waals surface area contributed by atoms with Crippen LogP contribution in [0.3, 0.4) is 0 Å². The molecule has 0 amide bonds. The number of carbonyl (C=O) groups is 1. The molecule has 0 atom stereocenters. The van der Waals surface area contributed by atoms with Gasteiger partial charge in [-0.15, -0.1) is 0 Å². The fourth-order valence-corrected chi connectivity index (χ4v) is 3.87. The van der Waals surface area contributed by atoms with Crippen molar-refractivity contribution in [1.29, 1.82) is 0 Å². The predicted octanol–water partition coefficient (Wildman–Crippen LogP) is 2.55. The second kappa shape index (κ2) is 8.50. The van der Waals surface area contributed by atoms with Crippen molar-refractivity contribution < 1.29 is 27.4 Å². The van der Waals surface area contributed by atoms with Crippen LogP contribution in [0.25, 0.3) is 10.9 Å². The summed E-state index contributed by atoms with van der Waals surface area (Å²) in [5.74, 6) is -0.156. The van der Waals surface area contributed by atoms with E-state index < -0.39 is 16.0 Å². The maximum atomic E-state index is 13.0. The fraction of sp³-hybridized carbons (Fsp3) is 0.263. The number of benzene rings is 1. The molecule has 2 aromatic heterocycles. The highest BCUT2D eigenvalue weighted by atomic mass is 32.2. The summed E-state index contributed by atoms with van der Waals surface area (Å²) in [6.07, 6.45) is 1.40. The van der Waals surface area contributed by atoms with Crippen LogP contribution >= 0.6 is 0 Å². The third kappa shape index (κ3) is 4.17. The smallest absolute Gasteiger partial charge is 0.354 e. The van der Waals surface area contributed by atoms with E-state index in [0.29, 0.717) is 16.7 Å². The lowest BCUT2D eigenvalue weighted by atomic mass is 10.2. The monoisotopic (exact) mass is 419 g/mol. The molecule has 0 aliphatic rings. The number of carbonyl (C=O) groups excluding carboxylic acids is 1. The Morgan fingerprint density at radius 1 is 1.24 bits per heavy atom. The van der Waals surface area contributed by atoms with Crippen molar-refractivity contribution in [2.24, 2.45) is 0 Å². The molecule has 0 bridgehead atoms. The van der Waals surface area contributed by atoms with E-state index in [2.05, 4.69) is 9.97 Å². The topological polar surface area (TPSA) is 111 Å². The molecular weight excluding hydrogens is 398 g/mol. The van der Waals surface area contributed by atoms with Gasteiger partial charge in [0.1, 0.15) is 11.4 Å². The van der Waals surface area contributed by atoms with Crippen molar-refractivity contribution in [3.63, 3.8) is 0 Å². The van der Waals surface area contributed by atoms with Crippen molar-refractivity contribution in [2.45, 2.75) is 11.9 Å². The zero-order valence-corrected chi connectivity index (χ0v) is 17.0. The van der Waals surface area contributed by atoms with Crippen LogP contribution < -0.4 is 9.04 Å². The lowest BCUT2D eigenvalue weighted by molar-refractivity contribution is 0.0510. The van der Waals surface area contributed by atoms with E-state index in [0.717, 1.165) is 4.31 Å². The quantitative estimate of drug-likeness (QED) is 0.441. The Morgan fingerprint density at radius 2 is 2.03 bits per heavy atom. The van der Waals surface area contributed by atoms with Crippen molar-refractivity contribution >= 4 is 32.6 Å². The molecular formula is C19H21N3O6S. The van der Waals surface area contributed by atoms with E-state index in [1.165, 1.54) is 26.4 Å². The summed E-state index contributed by atoms with van der Waals surface area (Å²) >= 11 is 0. The van der Waals surface area contributed by atoms with Gasteiger partial charge in [-0.2, -0.15) is 8.42 Å². The highest BCUT2D eigenvalue weighted by Crippen LogP contribution is 2.34. The van der Waals surface area contributed by atoms with Crippen LogP contribution in [-0.4, -0.2) is 51.9 Å². The number of nitrogens with zero attached hydrogens (tertiary/aromatic N) is 2. The van der Waals surface area contributed by atoms with Gasteiger partial charge < -0.3 is 19.2 Å². The summed E-state index contributed by atoms with van der Waals surface area (Å²) in [5.41, 5.74) is 0.935. The first-order valence-electron chi connectivity index (χ1n) is 8.74. The number of rotatable bonds is 8. The molecule has 0 aliphatic carbocycles. The molecule has 0 saturated carbocycles. The average molecular weight is 419 g/mol. The number of methoxy groups -OCH3 is 1. The molecule has 0 aliphatic heterocycles. The molecule has 1 N–H and O–H groups in total. The van der Waals surface area contributed by atoms with Gasteiger partial charge in [0.05, 0.1) is 17.8 Å². The number of H-pyrrole nitrogens is 1. The lowest BCUT2D eigenvalue weighted by Gasteiger charge is -2.20. The molecule has 0 radical (unpaired) electrons. The number of pyridine rings is 1. The number of sulfonamides is 1. The van der Waals surface area contributed by atoms with Gasteiger partial charge in [0.2, 0.25) is 0 Å².